The summed E-state index contributed by atoms with van der Waals surface area (Å²) in [6.07, 6.45) is 0.753. The molecule has 1 aromatic rings. The first-order valence-electron chi connectivity index (χ1n) is 6.20. The van der Waals surface area contributed by atoms with Gasteiger partial charge in [0.2, 0.25) is 0 Å². The molecule has 0 radical (unpaired) electrons. The third kappa shape index (κ3) is 3.70. The molecular weight excluding hydrogens is 232 g/mol. The van der Waals surface area contributed by atoms with E-state index in [0.717, 1.165) is 17.7 Å². The van der Waals surface area contributed by atoms with E-state index in [1.807, 2.05) is 31.2 Å². The number of hydrogen-bond acceptors (Lipinski definition) is 4. The Bertz CT molecular complexity index is 355. The molecule has 100 valence electrons. The Kier molecular flexibility index (Phi) is 4.58. The first-order valence-corrected chi connectivity index (χ1v) is 6.20. The van der Waals surface area contributed by atoms with Gasteiger partial charge in [-0.3, -0.25) is 0 Å². The van der Waals surface area contributed by atoms with Crippen molar-refractivity contribution in [3.05, 3.63) is 29.8 Å². The minimum atomic E-state index is -0.458. The maximum Gasteiger partial charge on any atom is 0.167 e. The second-order valence-electron chi connectivity index (χ2n) is 4.48. The lowest BCUT2D eigenvalue weighted by Gasteiger charge is -2.21. The molecule has 0 atom stereocenters. The Labute approximate surface area is 108 Å². The molecule has 4 heteroatoms. The summed E-state index contributed by atoms with van der Waals surface area (Å²) in [6, 6.07) is 7.87. The summed E-state index contributed by atoms with van der Waals surface area (Å²) >= 11 is 0. The monoisotopic (exact) mass is 252 g/mol. The smallest absolute Gasteiger partial charge is 0.167 e. The summed E-state index contributed by atoms with van der Waals surface area (Å²) in [6.45, 7) is 4.53. The van der Waals surface area contributed by atoms with Crippen molar-refractivity contribution in [3.8, 4) is 5.75 Å². The third-order valence-electron chi connectivity index (χ3n) is 3.03. The van der Waals surface area contributed by atoms with E-state index < -0.39 is 5.79 Å². The molecule has 1 aromatic carbocycles. The summed E-state index contributed by atoms with van der Waals surface area (Å²) < 4.78 is 21.7. The van der Waals surface area contributed by atoms with E-state index in [1.54, 1.807) is 7.11 Å². The van der Waals surface area contributed by atoms with Crippen molar-refractivity contribution >= 4 is 0 Å². The first-order chi connectivity index (χ1) is 8.72. The van der Waals surface area contributed by atoms with E-state index >= 15 is 0 Å². The molecule has 0 amide bonds. The van der Waals surface area contributed by atoms with Crippen molar-refractivity contribution in [1.82, 2.24) is 0 Å². The molecule has 1 fully saturated rings. The van der Waals surface area contributed by atoms with Crippen LogP contribution in [0.1, 0.15) is 18.9 Å². The zero-order valence-electron chi connectivity index (χ0n) is 11.0. The molecule has 0 aromatic heterocycles. The third-order valence-corrected chi connectivity index (χ3v) is 3.03. The second-order valence-corrected chi connectivity index (χ2v) is 4.48. The minimum absolute atomic E-state index is 0.458. The van der Waals surface area contributed by atoms with Crippen LogP contribution in [0.5, 0.6) is 5.75 Å². The van der Waals surface area contributed by atoms with Crippen molar-refractivity contribution < 1.29 is 18.9 Å². The largest absolute Gasteiger partial charge is 0.497 e. The van der Waals surface area contributed by atoms with Crippen molar-refractivity contribution in [1.29, 1.82) is 0 Å². The topological polar surface area (TPSA) is 36.9 Å². The highest BCUT2D eigenvalue weighted by Gasteiger charge is 2.30. The van der Waals surface area contributed by atoms with Gasteiger partial charge in [0.15, 0.2) is 5.79 Å². The SMILES string of the molecule is COc1ccc(COCCC2(C)OCCO2)cc1. The molecule has 0 aliphatic carbocycles. The average Bonchev–Trinajstić information content (AvgIpc) is 2.83. The molecule has 0 bridgehead atoms. The van der Waals surface area contributed by atoms with E-state index in [2.05, 4.69) is 0 Å². The highest BCUT2D eigenvalue weighted by atomic mass is 16.7. The summed E-state index contributed by atoms with van der Waals surface area (Å²) in [5.74, 6) is 0.402. The summed E-state index contributed by atoms with van der Waals surface area (Å²) in [4.78, 5) is 0. The van der Waals surface area contributed by atoms with Gasteiger partial charge in [-0.2, -0.15) is 0 Å². The van der Waals surface area contributed by atoms with Crippen LogP contribution in [0.15, 0.2) is 24.3 Å². The molecule has 18 heavy (non-hydrogen) atoms. The highest BCUT2D eigenvalue weighted by molar-refractivity contribution is 5.26. The average molecular weight is 252 g/mol. The normalized spacial score (nSPS) is 17.9. The molecule has 0 unspecified atom stereocenters. The second kappa shape index (κ2) is 6.18. The van der Waals surface area contributed by atoms with Crippen LogP contribution in [0.25, 0.3) is 0 Å². The zero-order valence-corrected chi connectivity index (χ0v) is 11.0. The fraction of sp³-hybridized carbons (Fsp3) is 0.571. The number of ether oxygens (including phenoxy) is 4. The van der Waals surface area contributed by atoms with Gasteiger partial charge in [-0.25, -0.2) is 0 Å². The first kappa shape index (κ1) is 13.3. The summed E-state index contributed by atoms with van der Waals surface area (Å²) in [7, 11) is 1.66. The van der Waals surface area contributed by atoms with Crippen molar-refractivity contribution in [2.24, 2.45) is 0 Å². The number of benzene rings is 1. The van der Waals surface area contributed by atoms with E-state index in [4.69, 9.17) is 18.9 Å². The van der Waals surface area contributed by atoms with Gasteiger partial charge in [0, 0.05) is 6.42 Å². The molecule has 1 aliphatic heterocycles. The Balaban J connectivity index is 1.68. The van der Waals surface area contributed by atoms with Gasteiger partial charge in [-0.1, -0.05) is 12.1 Å². The van der Waals surface area contributed by atoms with E-state index in [9.17, 15) is 0 Å². The predicted octanol–water partition coefficient (Wildman–Crippen LogP) is 2.36. The molecular formula is C14H20O4. The maximum atomic E-state index is 5.62. The minimum Gasteiger partial charge on any atom is -0.497 e. The van der Waals surface area contributed by atoms with Gasteiger partial charge >= 0.3 is 0 Å². The van der Waals surface area contributed by atoms with Crippen LogP contribution in [0.4, 0.5) is 0 Å². The lowest BCUT2D eigenvalue weighted by Crippen LogP contribution is -2.27. The number of rotatable bonds is 6. The fourth-order valence-corrected chi connectivity index (χ4v) is 1.87. The Hall–Kier alpha value is -1.10. The van der Waals surface area contributed by atoms with Crippen LogP contribution in [-0.2, 0) is 20.8 Å². The quantitative estimate of drug-likeness (QED) is 0.728. The van der Waals surface area contributed by atoms with Crippen LogP contribution in [0, 0.1) is 0 Å². The van der Waals surface area contributed by atoms with E-state index in [0.29, 0.717) is 26.4 Å². The highest BCUT2D eigenvalue weighted by Crippen LogP contribution is 2.22. The lowest BCUT2D eigenvalue weighted by atomic mass is 10.2. The molecule has 2 rings (SSSR count). The molecule has 1 saturated heterocycles. The lowest BCUT2D eigenvalue weighted by molar-refractivity contribution is -0.156. The predicted molar refractivity (Wildman–Crippen MR) is 67.6 cm³/mol. The Morgan fingerprint density at radius 2 is 1.83 bits per heavy atom. The Morgan fingerprint density at radius 3 is 2.44 bits per heavy atom. The van der Waals surface area contributed by atoms with Crippen molar-refractivity contribution in [3.63, 3.8) is 0 Å². The maximum absolute atomic E-state index is 5.62. The molecule has 0 spiro atoms. The van der Waals surface area contributed by atoms with Gasteiger partial charge in [0.05, 0.1) is 33.5 Å². The zero-order chi connectivity index (χ0) is 12.8. The number of hydrogen-bond donors (Lipinski definition) is 0. The van der Waals surface area contributed by atoms with E-state index in [-0.39, 0.29) is 0 Å². The van der Waals surface area contributed by atoms with Crippen LogP contribution < -0.4 is 4.74 Å². The van der Waals surface area contributed by atoms with Gasteiger partial charge in [0.25, 0.3) is 0 Å². The van der Waals surface area contributed by atoms with Crippen LogP contribution >= 0.6 is 0 Å². The summed E-state index contributed by atoms with van der Waals surface area (Å²) in [5, 5.41) is 0. The van der Waals surface area contributed by atoms with Gasteiger partial charge in [0.1, 0.15) is 5.75 Å². The van der Waals surface area contributed by atoms with Crippen LogP contribution in [0.3, 0.4) is 0 Å². The van der Waals surface area contributed by atoms with Crippen molar-refractivity contribution in [2.75, 3.05) is 26.9 Å². The molecule has 1 heterocycles. The molecule has 0 saturated carbocycles. The van der Waals surface area contributed by atoms with E-state index in [1.165, 1.54) is 0 Å². The molecule has 1 aliphatic rings. The van der Waals surface area contributed by atoms with Crippen LogP contribution in [-0.4, -0.2) is 32.7 Å². The van der Waals surface area contributed by atoms with Gasteiger partial charge in [-0.15, -0.1) is 0 Å². The number of methoxy groups -OCH3 is 1. The Morgan fingerprint density at radius 1 is 1.17 bits per heavy atom. The standard InChI is InChI=1S/C14H20O4/c1-14(17-9-10-18-14)7-8-16-11-12-3-5-13(15-2)6-4-12/h3-6H,7-11H2,1-2H3. The fourth-order valence-electron chi connectivity index (χ4n) is 1.87. The summed E-state index contributed by atoms with van der Waals surface area (Å²) in [5.41, 5.74) is 1.13. The van der Waals surface area contributed by atoms with Gasteiger partial charge < -0.3 is 18.9 Å². The van der Waals surface area contributed by atoms with Crippen LogP contribution in [0.2, 0.25) is 0 Å². The molecule has 4 nitrogen and oxygen atoms in total. The van der Waals surface area contributed by atoms with Crippen molar-refractivity contribution in [2.45, 2.75) is 25.7 Å². The van der Waals surface area contributed by atoms with Gasteiger partial charge in [-0.05, 0) is 24.6 Å². The molecule has 0 N–H and O–H groups in total.